The molecule has 0 spiro atoms. The monoisotopic (exact) mass is 362 g/mol. The molecule has 1 aromatic rings. The third-order valence-electron chi connectivity index (χ3n) is 2.74. The number of nitriles is 1. The number of ether oxygens (including phenoxy) is 1. The molecular weight excluding hydrogens is 351 g/mol. The van der Waals surface area contributed by atoms with Gasteiger partial charge in [-0.3, -0.25) is 4.79 Å². The molecule has 6 heteroatoms. The van der Waals surface area contributed by atoms with E-state index in [4.69, 9.17) is 4.74 Å². The van der Waals surface area contributed by atoms with E-state index in [1.165, 1.54) is 11.3 Å². The Hall–Kier alpha value is -0.650. The molecule has 0 saturated carbocycles. The first-order chi connectivity index (χ1) is 8.15. The molecule has 1 aliphatic heterocycles. The third kappa shape index (κ3) is 2.97. The Morgan fingerprint density at radius 2 is 2.29 bits per heavy atom. The number of carbonyl (C=O) groups is 1. The summed E-state index contributed by atoms with van der Waals surface area (Å²) in [5.74, 6) is -0.174. The lowest BCUT2D eigenvalue weighted by atomic mass is 9.91. The van der Waals surface area contributed by atoms with Crippen LogP contribution in [0.2, 0.25) is 0 Å². The van der Waals surface area contributed by atoms with Crippen LogP contribution in [0.5, 0.6) is 0 Å². The summed E-state index contributed by atoms with van der Waals surface area (Å²) in [6, 6.07) is 4.04. The maximum atomic E-state index is 12.0. The van der Waals surface area contributed by atoms with E-state index in [-0.39, 0.29) is 5.91 Å². The zero-order valence-corrected chi connectivity index (χ0v) is 12.0. The van der Waals surface area contributed by atoms with Gasteiger partial charge in [-0.05, 0) is 28.7 Å². The molecule has 0 bridgehead atoms. The highest BCUT2D eigenvalue weighted by molar-refractivity contribution is 14.1. The number of nitrogens with one attached hydrogen (secondary N) is 1. The van der Waals surface area contributed by atoms with E-state index in [0.29, 0.717) is 31.6 Å². The van der Waals surface area contributed by atoms with Crippen molar-refractivity contribution in [3.8, 4) is 6.07 Å². The fraction of sp³-hybridized carbons (Fsp3) is 0.455. The van der Waals surface area contributed by atoms with E-state index < -0.39 is 5.54 Å². The molecule has 1 aliphatic rings. The summed E-state index contributed by atoms with van der Waals surface area (Å²) in [5.41, 5.74) is -0.136. The number of amides is 1. The summed E-state index contributed by atoms with van der Waals surface area (Å²) in [5, 5.41) is 13.9. The molecule has 90 valence electrons. The highest BCUT2D eigenvalue weighted by Crippen LogP contribution is 2.22. The van der Waals surface area contributed by atoms with Gasteiger partial charge in [-0.1, -0.05) is 0 Å². The number of rotatable bonds is 2. The number of thiophene rings is 1. The normalized spacial score (nSPS) is 18.4. The van der Waals surface area contributed by atoms with Crippen LogP contribution in [0.4, 0.5) is 0 Å². The largest absolute Gasteiger partial charge is 0.381 e. The van der Waals surface area contributed by atoms with E-state index in [1.54, 1.807) is 0 Å². The molecule has 17 heavy (non-hydrogen) atoms. The molecule has 1 N–H and O–H groups in total. The van der Waals surface area contributed by atoms with Crippen molar-refractivity contribution in [1.82, 2.24) is 5.32 Å². The lowest BCUT2D eigenvalue weighted by Crippen LogP contribution is -2.50. The van der Waals surface area contributed by atoms with Crippen LogP contribution in [-0.2, 0) is 4.74 Å². The fourth-order valence-electron chi connectivity index (χ4n) is 1.70. The van der Waals surface area contributed by atoms with Crippen molar-refractivity contribution in [1.29, 1.82) is 5.26 Å². The van der Waals surface area contributed by atoms with Gasteiger partial charge in [-0.2, -0.15) is 5.26 Å². The Bertz CT molecular complexity index is 460. The summed E-state index contributed by atoms with van der Waals surface area (Å²) >= 11 is 3.69. The molecule has 0 radical (unpaired) electrons. The van der Waals surface area contributed by atoms with E-state index in [0.717, 1.165) is 2.88 Å². The third-order valence-corrected chi connectivity index (χ3v) is 4.53. The van der Waals surface area contributed by atoms with Gasteiger partial charge in [0.1, 0.15) is 5.54 Å². The lowest BCUT2D eigenvalue weighted by molar-refractivity contribution is 0.0531. The number of hydrogen-bond donors (Lipinski definition) is 1. The van der Waals surface area contributed by atoms with Crippen LogP contribution in [0, 0.1) is 14.2 Å². The van der Waals surface area contributed by atoms with Gasteiger partial charge < -0.3 is 10.1 Å². The van der Waals surface area contributed by atoms with E-state index in [9.17, 15) is 10.1 Å². The predicted molar refractivity (Wildman–Crippen MR) is 72.9 cm³/mol. The number of hydrogen-bond acceptors (Lipinski definition) is 4. The highest BCUT2D eigenvalue weighted by Gasteiger charge is 2.34. The molecule has 0 unspecified atom stereocenters. The average molecular weight is 362 g/mol. The average Bonchev–Trinajstić information content (AvgIpc) is 2.77. The van der Waals surface area contributed by atoms with Gasteiger partial charge in [0, 0.05) is 31.4 Å². The summed E-state index contributed by atoms with van der Waals surface area (Å²) < 4.78 is 6.28. The molecule has 2 heterocycles. The Balaban J connectivity index is 2.09. The van der Waals surface area contributed by atoms with Crippen LogP contribution >= 0.6 is 33.9 Å². The van der Waals surface area contributed by atoms with Gasteiger partial charge in [-0.15, -0.1) is 11.3 Å². The van der Waals surface area contributed by atoms with E-state index in [1.807, 2.05) is 11.4 Å². The molecular formula is C11H11IN2O2S. The molecule has 1 fully saturated rings. The summed E-state index contributed by atoms with van der Waals surface area (Å²) in [6.07, 6.45) is 1.10. The molecule has 2 rings (SSSR count). The van der Waals surface area contributed by atoms with Crippen molar-refractivity contribution in [2.24, 2.45) is 0 Å². The van der Waals surface area contributed by atoms with Crippen molar-refractivity contribution >= 4 is 39.8 Å². The minimum Gasteiger partial charge on any atom is -0.381 e. The Kier molecular flexibility index (Phi) is 4.01. The van der Waals surface area contributed by atoms with E-state index in [2.05, 4.69) is 34.0 Å². The second-order valence-corrected chi connectivity index (χ2v) is 6.71. The standard InChI is InChI=1S/C11H11IN2O2S/c12-9-5-8(6-17-9)10(15)14-11(7-13)1-3-16-4-2-11/h5-6H,1-4H2,(H,14,15). The zero-order chi connectivity index (χ0) is 12.3. The van der Waals surface area contributed by atoms with Crippen LogP contribution in [0.1, 0.15) is 23.2 Å². The van der Waals surface area contributed by atoms with Gasteiger partial charge in [0.05, 0.1) is 14.5 Å². The van der Waals surface area contributed by atoms with Crippen molar-refractivity contribution in [3.63, 3.8) is 0 Å². The Morgan fingerprint density at radius 1 is 1.59 bits per heavy atom. The van der Waals surface area contributed by atoms with Crippen LogP contribution in [0.25, 0.3) is 0 Å². The minimum absolute atomic E-state index is 0.174. The van der Waals surface area contributed by atoms with Gasteiger partial charge >= 0.3 is 0 Å². The number of carbonyl (C=O) groups excluding carboxylic acids is 1. The summed E-state index contributed by atoms with van der Waals surface area (Å²) in [4.78, 5) is 12.0. The molecule has 0 aromatic carbocycles. The maximum Gasteiger partial charge on any atom is 0.253 e. The first-order valence-corrected chi connectivity index (χ1v) is 7.17. The molecule has 0 aliphatic carbocycles. The second kappa shape index (κ2) is 5.33. The van der Waals surface area contributed by atoms with Crippen LogP contribution in [-0.4, -0.2) is 24.7 Å². The topological polar surface area (TPSA) is 62.1 Å². The fourth-order valence-corrected chi connectivity index (χ4v) is 3.03. The van der Waals surface area contributed by atoms with E-state index >= 15 is 0 Å². The Morgan fingerprint density at radius 3 is 2.82 bits per heavy atom. The minimum atomic E-state index is -0.761. The van der Waals surface area contributed by atoms with Crippen molar-refractivity contribution in [3.05, 3.63) is 19.9 Å². The van der Waals surface area contributed by atoms with Gasteiger partial charge in [0.2, 0.25) is 0 Å². The van der Waals surface area contributed by atoms with Crippen molar-refractivity contribution in [2.75, 3.05) is 13.2 Å². The first-order valence-electron chi connectivity index (χ1n) is 5.21. The number of nitrogens with zero attached hydrogens (tertiary/aromatic N) is 1. The second-order valence-electron chi connectivity index (χ2n) is 3.90. The molecule has 1 aromatic heterocycles. The predicted octanol–water partition coefficient (Wildman–Crippen LogP) is 2.16. The summed E-state index contributed by atoms with van der Waals surface area (Å²) in [7, 11) is 0. The molecule has 0 atom stereocenters. The SMILES string of the molecule is N#CC1(NC(=O)c2csc(I)c2)CCOCC1. The zero-order valence-electron chi connectivity index (χ0n) is 9.03. The first kappa shape index (κ1) is 12.8. The lowest BCUT2D eigenvalue weighted by Gasteiger charge is -2.31. The van der Waals surface area contributed by atoms with Crippen LogP contribution in [0.3, 0.4) is 0 Å². The molecule has 1 saturated heterocycles. The van der Waals surface area contributed by atoms with Crippen molar-refractivity contribution in [2.45, 2.75) is 18.4 Å². The molecule has 1 amide bonds. The quantitative estimate of drug-likeness (QED) is 0.821. The van der Waals surface area contributed by atoms with Crippen molar-refractivity contribution < 1.29 is 9.53 Å². The van der Waals surface area contributed by atoms with Gasteiger partial charge in [0.25, 0.3) is 5.91 Å². The molecule has 4 nitrogen and oxygen atoms in total. The van der Waals surface area contributed by atoms with Crippen LogP contribution in [0.15, 0.2) is 11.4 Å². The van der Waals surface area contributed by atoms with Gasteiger partial charge in [-0.25, -0.2) is 0 Å². The highest BCUT2D eigenvalue weighted by atomic mass is 127. The van der Waals surface area contributed by atoms with Gasteiger partial charge in [0.15, 0.2) is 0 Å². The smallest absolute Gasteiger partial charge is 0.253 e. The number of halogens is 1. The maximum absolute atomic E-state index is 12.0. The summed E-state index contributed by atoms with van der Waals surface area (Å²) in [6.45, 7) is 1.05. The van der Waals surface area contributed by atoms with Crippen LogP contribution < -0.4 is 5.32 Å². The Labute approximate surface area is 117 Å².